The molecule has 0 radical (unpaired) electrons. The van der Waals surface area contributed by atoms with E-state index >= 15 is 0 Å². The van der Waals surface area contributed by atoms with Crippen molar-refractivity contribution in [3.05, 3.63) is 71.8 Å². The second-order valence-electron chi connectivity index (χ2n) is 4.98. The minimum atomic E-state index is -0.494. The van der Waals surface area contributed by atoms with Crippen molar-refractivity contribution in [3.63, 3.8) is 0 Å². The predicted octanol–water partition coefficient (Wildman–Crippen LogP) is 2.85. The fourth-order valence-electron chi connectivity index (χ4n) is 2.17. The average Bonchev–Trinajstić information content (AvgIpc) is 2.48. The summed E-state index contributed by atoms with van der Waals surface area (Å²) in [5, 5.41) is 0. The van der Waals surface area contributed by atoms with E-state index in [9.17, 15) is 4.79 Å². The summed E-state index contributed by atoms with van der Waals surface area (Å²) in [4.78, 5) is 13.9. The lowest BCUT2D eigenvalue weighted by atomic mass is 10.1. The summed E-state index contributed by atoms with van der Waals surface area (Å²) < 4.78 is 0. The van der Waals surface area contributed by atoms with Crippen molar-refractivity contribution in [1.29, 1.82) is 0 Å². The molecule has 0 aromatic heterocycles. The molecule has 1 atom stereocenters. The number of amides is 1. The smallest absolute Gasteiger partial charge is 0.239 e. The molecule has 0 unspecified atom stereocenters. The first-order valence-electron chi connectivity index (χ1n) is 6.75. The predicted molar refractivity (Wildman–Crippen MR) is 87.8 cm³/mol. The number of likely N-dealkylation sites (N-methyl/N-ethyl adjacent to an activating group) is 1. The number of hydrogen-bond donors (Lipinski definition) is 1. The second-order valence-corrected chi connectivity index (χ2v) is 4.98. The zero-order valence-electron chi connectivity index (χ0n) is 11.7. The van der Waals surface area contributed by atoms with Crippen molar-refractivity contribution < 1.29 is 4.79 Å². The van der Waals surface area contributed by atoms with Crippen molar-refractivity contribution in [1.82, 2.24) is 4.90 Å². The summed E-state index contributed by atoms with van der Waals surface area (Å²) in [6, 6.07) is 19.3. The molecule has 112 valence electrons. The minimum absolute atomic E-state index is 0. The van der Waals surface area contributed by atoms with E-state index in [0.717, 1.165) is 11.1 Å². The summed E-state index contributed by atoms with van der Waals surface area (Å²) >= 11 is 0. The molecule has 1 amide bonds. The number of nitrogens with two attached hydrogens (primary N) is 1. The van der Waals surface area contributed by atoms with Crippen LogP contribution in [0.1, 0.15) is 18.6 Å². The molecule has 0 fully saturated rings. The molecule has 0 saturated heterocycles. The van der Waals surface area contributed by atoms with Gasteiger partial charge in [-0.2, -0.15) is 0 Å². The van der Waals surface area contributed by atoms with Gasteiger partial charge in [0.05, 0.1) is 6.04 Å². The lowest BCUT2D eigenvalue weighted by Gasteiger charge is -2.21. The second kappa shape index (κ2) is 8.22. The zero-order valence-corrected chi connectivity index (χ0v) is 11.7. The Balaban J connectivity index is 0.00000220. The molecule has 0 bridgehead atoms. The fourth-order valence-corrected chi connectivity index (χ4v) is 2.17. The summed E-state index contributed by atoms with van der Waals surface area (Å²) in [5.74, 6) is -0.0299. The molecular formula is C18H24N2O. The third kappa shape index (κ3) is 5.04. The van der Waals surface area contributed by atoms with E-state index in [1.165, 1.54) is 0 Å². The number of carbonyl (C=O) groups excluding carboxylic acids is 1. The monoisotopic (exact) mass is 284 g/mol. The first kappa shape index (κ1) is 16.9. The third-order valence-corrected chi connectivity index (χ3v) is 3.25. The van der Waals surface area contributed by atoms with Crippen LogP contribution in [0.3, 0.4) is 0 Å². The Bertz CT molecular complexity index is 490. The van der Waals surface area contributed by atoms with E-state index in [4.69, 9.17) is 5.73 Å². The third-order valence-electron chi connectivity index (χ3n) is 3.25. The van der Waals surface area contributed by atoms with E-state index in [1.807, 2.05) is 60.7 Å². The first-order chi connectivity index (χ1) is 9.66. The van der Waals surface area contributed by atoms with Crippen molar-refractivity contribution in [2.45, 2.75) is 26.4 Å². The highest BCUT2D eigenvalue weighted by molar-refractivity contribution is 5.81. The number of rotatable bonds is 5. The summed E-state index contributed by atoms with van der Waals surface area (Å²) in [5.41, 5.74) is 8.20. The van der Waals surface area contributed by atoms with Gasteiger partial charge in [0.2, 0.25) is 5.91 Å². The molecule has 0 saturated carbocycles. The van der Waals surface area contributed by atoms with Crippen LogP contribution in [0.4, 0.5) is 0 Å². The summed E-state index contributed by atoms with van der Waals surface area (Å²) in [6.07, 6.45) is 0.568. The lowest BCUT2D eigenvalue weighted by Crippen LogP contribution is -2.42. The van der Waals surface area contributed by atoms with Crippen LogP contribution in [0.5, 0.6) is 0 Å². The van der Waals surface area contributed by atoms with Crippen molar-refractivity contribution in [2.24, 2.45) is 5.73 Å². The number of benzene rings is 2. The van der Waals surface area contributed by atoms with Crippen LogP contribution in [0.25, 0.3) is 0 Å². The van der Waals surface area contributed by atoms with Gasteiger partial charge in [0, 0.05) is 13.6 Å². The molecule has 3 nitrogen and oxygen atoms in total. The maximum Gasteiger partial charge on any atom is 0.239 e. The van der Waals surface area contributed by atoms with Gasteiger partial charge < -0.3 is 10.6 Å². The molecule has 0 spiro atoms. The van der Waals surface area contributed by atoms with E-state index in [0.29, 0.717) is 13.0 Å². The standard InChI is InChI=1S/C17H20N2O.CH4/c1-19(13-15-10-6-3-7-11-15)17(20)16(18)12-14-8-4-2-5-9-14;/h2-11,16H,12-13,18H2,1H3;1H4/t16-;/m0./s1. The van der Waals surface area contributed by atoms with Crippen LogP contribution in [0, 0.1) is 0 Å². The molecule has 0 aliphatic carbocycles. The van der Waals surface area contributed by atoms with Crippen LogP contribution in [-0.4, -0.2) is 23.9 Å². The molecule has 2 rings (SSSR count). The number of nitrogens with zero attached hydrogens (tertiary/aromatic N) is 1. The van der Waals surface area contributed by atoms with Crippen LogP contribution >= 0.6 is 0 Å². The van der Waals surface area contributed by atoms with Crippen LogP contribution in [0.15, 0.2) is 60.7 Å². The molecule has 21 heavy (non-hydrogen) atoms. The molecule has 0 aliphatic rings. The highest BCUT2D eigenvalue weighted by Crippen LogP contribution is 2.07. The lowest BCUT2D eigenvalue weighted by molar-refractivity contribution is -0.131. The fraction of sp³-hybridized carbons (Fsp3) is 0.278. The Morgan fingerprint density at radius 3 is 2.00 bits per heavy atom. The molecule has 2 aromatic rings. The normalized spacial score (nSPS) is 11.3. The van der Waals surface area contributed by atoms with Gasteiger partial charge in [-0.3, -0.25) is 4.79 Å². The Morgan fingerprint density at radius 2 is 1.48 bits per heavy atom. The van der Waals surface area contributed by atoms with Gasteiger partial charge in [-0.25, -0.2) is 0 Å². The zero-order chi connectivity index (χ0) is 14.4. The van der Waals surface area contributed by atoms with Gasteiger partial charge in [0.25, 0.3) is 0 Å². The largest absolute Gasteiger partial charge is 0.340 e. The van der Waals surface area contributed by atoms with E-state index in [1.54, 1.807) is 11.9 Å². The van der Waals surface area contributed by atoms with Gasteiger partial charge in [-0.05, 0) is 17.5 Å². The van der Waals surface area contributed by atoms with Crippen LogP contribution in [0.2, 0.25) is 0 Å². The van der Waals surface area contributed by atoms with Crippen molar-refractivity contribution in [3.8, 4) is 0 Å². The maximum atomic E-state index is 12.3. The quantitative estimate of drug-likeness (QED) is 0.917. The molecule has 2 N–H and O–H groups in total. The van der Waals surface area contributed by atoms with Gasteiger partial charge in [0.15, 0.2) is 0 Å². The highest BCUT2D eigenvalue weighted by Gasteiger charge is 2.18. The summed E-state index contributed by atoms with van der Waals surface area (Å²) in [7, 11) is 1.79. The van der Waals surface area contributed by atoms with Gasteiger partial charge in [-0.15, -0.1) is 0 Å². The maximum absolute atomic E-state index is 12.3. The van der Waals surface area contributed by atoms with Gasteiger partial charge in [0.1, 0.15) is 0 Å². The first-order valence-corrected chi connectivity index (χ1v) is 6.75. The number of hydrogen-bond acceptors (Lipinski definition) is 2. The molecular weight excluding hydrogens is 260 g/mol. The van der Waals surface area contributed by atoms with Gasteiger partial charge in [-0.1, -0.05) is 68.1 Å². The van der Waals surface area contributed by atoms with Crippen molar-refractivity contribution >= 4 is 5.91 Å². The van der Waals surface area contributed by atoms with Gasteiger partial charge >= 0.3 is 0 Å². The van der Waals surface area contributed by atoms with E-state index in [2.05, 4.69) is 0 Å². The number of carbonyl (C=O) groups is 1. The minimum Gasteiger partial charge on any atom is -0.340 e. The topological polar surface area (TPSA) is 46.3 Å². The van der Waals surface area contributed by atoms with Crippen LogP contribution in [-0.2, 0) is 17.8 Å². The van der Waals surface area contributed by atoms with Crippen molar-refractivity contribution in [2.75, 3.05) is 7.05 Å². The Kier molecular flexibility index (Phi) is 6.63. The molecule has 3 heteroatoms. The molecule has 0 heterocycles. The Hall–Kier alpha value is -2.13. The Labute approximate surface area is 127 Å². The van der Waals surface area contributed by atoms with E-state index in [-0.39, 0.29) is 13.3 Å². The highest BCUT2D eigenvalue weighted by atomic mass is 16.2. The summed E-state index contributed by atoms with van der Waals surface area (Å²) in [6.45, 7) is 0.585. The average molecular weight is 284 g/mol. The Morgan fingerprint density at radius 1 is 1.00 bits per heavy atom. The molecule has 2 aromatic carbocycles. The molecule has 0 aliphatic heterocycles. The van der Waals surface area contributed by atoms with Crippen LogP contribution < -0.4 is 5.73 Å². The SMILES string of the molecule is C.CN(Cc1ccccc1)C(=O)[C@@H](N)Cc1ccccc1. The van der Waals surface area contributed by atoms with E-state index < -0.39 is 6.04 Å².